The first-order valence-corrected chi connectivity index (χ1v) is 6.52. The molecule has 1 saturated carbocycles. The highest BCUT2D eigenvalue weighted by atomic mass is 15.1. The molecular weight excluding hydrogens is 212 g/mol. The third kappa shape index (κ3) is 2.68. The summed E-state index contributed by atoms with van der Waals surface area (Å²) >= 11 is 0. The van der Waals surface area contributed by atoms with Gasteiger partial charge in [-0.3, -0.25) is 0 Å². The van der Waals surface area contributed by atoms with Gasteiger partial charge in [0, 0.05) is 18.7 Å². The molecule has 1 fully saturated rings. The predicted octanol–water partition coefficient (Wildman–Crippen LogP) is 2.68. The molecule has 0 spiro atoms. The molecule has 0 atom stereocenters. The Hall–Kier alpha value is -1.32. The van der Waals surface area contributed by atoms with E-state index in [1.54, 1.807) is 6.33 Å². The second-order valence-electron chi connectivity index (χ2n) is 4.97. The molecule has 1 heterocycles. The number of nitrogens with zero attached hydrogens (tertiary/aromatic N) is 2. The zero-order valence-corrected chi connectivity index (χ0v) is 11.0. The molecule has 0 saturated heterocycles. The molecule has 1 aromatic rings. The van der Waals surface area contributed by atoms with Gasteiger partial charge in [-0.1, -0.05) is 20.3 Å². The molecule has 0 radical (unpaired) electrons. The number of nitrogens with one attached hydrogen (secondary N) is 2. The van der Waals surface area contributed by atoms with Gasteiger partial charge in [-0.2, -0.15) is 0 Å². The standard InChI is InChI=1S/C13H22N4/c1-4-5-11-12(14-3)15-8-16-13(11)17-10-6-9(2)7-10/h8-10H,4-7H2,1-3H3,(H2,14,15,16,17). The van der Waals surface area contributed by atoms with Crippen molar-refractivity contribution in [1.82, 2.24) is 9.97 Å². The quantitative estimate of drug-likeness (QED) is 0.822. The monoisotopic (exact) mass is 234 g/mol. The Kier molecular flexibility index (Phi) is 3.82. The van der Waals surface area contributed by atoms with Gasteiger partial charge in [0.15, 0.2) is 0 Å². The van der Waals surface area contributed by atoms with Crippen LogP contribution in [0.1, 0.15) is 38.7 Å². The summed E-state index contributed by atoms with van der Waals surface area (Å²) in [5.41, 5.74) is 1.22. The van der Waals surface area contributed by atoms with Crippen LogP contribution in [0.15, 0.2) is 6.33 Å². The van der Waals surface area contributed by atoms with Crippen LogP contribution in [0.5, 0.6) is 0 Å². The Morgan fingerprint density at radius 3 is 2.59 bits per heavy atom. The molecular formula is C13H22N4. The average Bonchev–Trinajstić information content (AvgIpc) is 2.29. The average molecular weight is 234 g/mol. The molecule has 0 unspecified atom stereocenters. The molecule has 1 aliphatic carbocycles. The second-order valence-corrected chi connectivity index (χ2v) is 4.97. The lowest BCUT2D eigenvalue weighted by molar-refractivity contribution is 0.308. The molecule has 0 aliphatic heterocycles. The van der Waals surface area contributed by atoms with Crippen LogP contribution >= 0.6 is 0 Å². The van der Waals surface area contributed by atoms with Crippen LogP contribution in [0.25, 0.3) is 0 Å². The summed E-state index contributed by atoms with van der Waals surface area (Å²) in [6, 6.07) is 0.597. The van der Waals surface area contributed by atoms with E-state index in [0.717, 1.165) is 30.4 Å². The first-order valence-electron chi connectivity index (χ1n) is 6.52. The van der Waals surface area contributed by atoms with E-state index in [2.05, 4.69) is 34.4 Å². The van der Waals surface area contributed by atoms with Gasteiger partial charge in [-0.25, -0.2) is 9.97 Å². The number of aromatic nitrogens is 2. The fourth-order valence-corrected chi connectivity index (χ4v) is 2.45. The van der Waals surface area contributed by atoms with Crippen molar-refractivity contribution >= 4 is 11.6 Å². The molecule has 0 aromatic carbocycles. The van der Waals surface area contributed by atoms with E-state index in [1.807, 2.05) is 7.05 Å². The van der Waals surface area contributed by atoms with Crippen molar-refractivity contribution in [3.05, 3.63) is 11.9 Å². The zero-order chi connectivity index (χ0) is 12.3. The Balaban J connectivity index is 2.13. The first-order chi connectivity index (χ1) is 8.24. The SMILES string of the molecule is CCCc1c(NC)ncnc1NC1CC(C)C1. The summed E-state index contributed by atoms with van der Waals surface area (Å²) in [7, 11) is 1.91. The van der Waals surface area contributed by atoms with E-state index >= 15 is 0 Å². The van der Waals surface area contributed by atoms with Gasteiger partial charge in [0.05, 0.1) is 0 Å². The van der Waals surface area contributed by atoms with Crippen molar-refractivity contribution in [2.24, 2.45) is 5.92 Å². The van der Waals surface area contributed by atoms with Crippen LogP contribution in [-0.4, -0.2) is 23.1 Å². The normalized spacial score (nSPS) is 23.0. The zero-order valence-electron chi connectivity index (χ0n) is 11.0. The molecule has 2 rings (SSSR count). The minimum absolute atomic E-state index is 0.597. The lowest BCUT2D eigenvalue weighted by Gasteiger charge is -2.34. The largest absolute Gasteiger partial charge is 0.373 e. The number of hydrogen-bond donors (Lipinski definition) is 2. The summed E-state index contributed by atoms with van der Waals surface area (Å²) < 4.78 is 0. The first kappa shape index (κ1) is 12.1. The molecule has 94 valence electrons. The van der Waals surface area contributed by atoms with Crippen molar-refractivity contribution in [3.8, 4) is 0 Å². The van der Waals surface area contributed by atoms with Crippen molar-refractivity contribution in [2.75, 3.05) is 17.7 Å². The number of hydrogen-bond acceptors (Lipinski definition) is 4. The van der Waals surface area contributed by atoms with Crippen LogP contribution in [0, 0.1) is 5.92 Å². The lowest BCUT2D eigenvalue weighted by Crippen LogP contribution is -2.34. The highest BCUT2D eigenvalue weighted by molar-refractivity contribution is 5.57. The van der Waals surface area contributed by atoms with Crippen molar-refractivity contribution in [1.29, 1.82) is 0 Å². The number of rotatable bonds is 5. The van der Waals surface area contributed by atoms with Gasteiger partial charge in [0.1, 0.15) is 18.0 Å². The topological polar surface area (TPSA) is 49.8 Å². The summed E-state index contributed by atoms with van der Waals surface area (Å²) in [4.78, 5) is 8.67. The minimum atomic E-state index is 0.597. The summed E-state index contributed by atoms with van der Waals surface area (Å²) in [6.07, 6.45) is 6.27. The molecule has 4 nitrogen and oxygen atoms in total. The maximum Gasteiger partial charge on any atom is 0.134 e. The smallest absolute Gasteiger partial charge is 0.134 e. The van der Waals surface area contributed by atoms with Crippen molar-refractivity contribution in [3.63, 3.8) is 0 Å². The van der Waals surface area contributed by atoms with E-state index in [9.17, 15) is 0 Å². The van der Waals surface area contributed by atoms with Gasteiger partial charge in [-0.05, 0) is 25.2 Å². The van der Waals surface area contributed by atoms with E-state index in [-0.39, 0.29) is 0 Å². The minimum Gasteiger partial charge on any atom is -0.373 e. The molecule has 0 bridgehead atoms. The molecule has 1 aliphatic rings. The van der Waals surface area contributed by atoms with Crippen LogP contribution in [0.3, 0.4) is 0 Å². The van der Waals surface area contributed by atoms with Crippen LogP contribution in [-0.2, 0) is 6.42 Å². The molecule has 0 amide bonds. The van der Waals surface area contributed by atoms with Gasteiger partial charge >= 0.3 is 0 Å². The lowest BCUT2D eigenvalue weighted by atomic mass is 9.82. The predicted molar refractivity (Wildman–Crippen MR) is 71.4 cm³/mol. The van der Waals surface area contributed by atoms with Gasteiger partial charge in [-0.15, -0.1) is 0 Å². The third-order valence-corrected chi connectivity index (χ3v) is 3.40. The number of anilines is 2. The van der Waals surface area contributed by atoms with E-state index in [1.165, 1.54) is 18.4 Å². The Morgan fingerprint density at radius 1 is 1.29 bits per heavy atom. The summed E-state index contributed by atoms with van der Waals surface area (Å²) in [5.74, 6) is 2.83. The van der Waals surface area contributed by atoms with E-state index in [0.29, 0.717) is 6.04 Å². The van der Waals surface area contributed by atoms with Gasteiger partial charge in [0.2, 0.25) is 0 Å². The summed E-state index contributed by atoms with van der Waals surface area (Å²) in [5, 5.41) is 6.69. The highest BCUT2D eigenvalue weighted by Gasteiger charge is 2.26. The van der Waals surface area contributed by atoms with E-state index in [4.69, 9.17) is 0 Å². The molecule has 1 aromatic heterocycles. The van der Waals surface area contributed by atoms with Crippen molar-refractivity contribution < 1.29 is 0 Å². The maximum absolute atomic E-state index is 4.39. The van der Waals surface area contributed by atoms with Crippen molar-refractivity contribution in [2.45, 2.75) is 45.6 Å². The Bertz CT molecular complexity index is 372. The van der Waals surface area contributed by atoms with E-state index < -0.39 is 0 Å². The van der Waals surface area contributed by atoms with Gasteiger partial charge in [0.25, 0.3) is 0 Å². The molecule has 2 N–H and O–H groups in total. The Labute approximate surface area is 103 Å². The maximum atomic E-state index is 4.39. The van der Waals surface area contributed by atoms with Crippen LogP contribution in [0.4, 0.5) is 11.6 Å². The van der Waals surface area contributed by atoms with Crippen LogP contribution < -0.4 is 10.6 Å². The fourth-order valence-electron chi connectivity index (χ4n) is 2.45. The molecule has 4 heteroatoms. The van der Waals surface area contributed by atoms with Crippen LogP contribution in [0.2, 0.25) is 0 Å². The highest BCUT2D eigenvalue weighted by Crippen LogP contribution is 2.31. The summed E-state index contributed by atoms with van der Waals surface area (Å²) in [6.45, 7) is 4.48. The second kappa shape index (κ2) is 5.34. The Morgan fingerprint density at radius 2 is 2.00 bits per heavy atom. The fraction of sp³-hybridized carbons (Fsp3) is 0.692. The molecule has 17 heavy (non-hydrogen) atoms. The van der Waals surface area contributed by atoms with Gasteiger partial charge < -0.3 is 10.6 Å². The third-order valence-electron chi connectivity index (χ3n) is 3.40.